The first-order valence-electron chi connectivity index (χ1n) is 11.5. The van der Waals surface area contributed by atoms with Gasteiger partial charge in [-0.05, 0) is 35.4 Å². The minimum atomic E-state index is -4.77. The third kappa shape index (κ3) is 5.29. The predicted molar refractivity (Wildman–Crippen MR) is 140 cm³/mol. The van der Waals surface area contributed by atoms with Gasteiger partial charge in [-0.2, -0.15) is 18.3 Å². The first-order chi connectivity index (χ1) is 18.8. The Kier molecular flexibility index (Phi) is 6.88. The maximum Gasteiger partial charge on any atom is 0.436 e. The summed E-state index contributed by atoms with van der Waals surface area (Å²) in [5.74, 6) is 0.466. The van der Waals surface area contributed by atoms with Crippen molar-refractivity contribution in [2.75, 3.05) is 13.4 Å². The predicted octanol–water partition coefficient (Wildman–Crippen LogP) is 6.04. The Balaban J connectivity index is 1.75. The molecular weight excluding hydrogens is 571 g/mol. The van der Waals surface area contributed by atoms with Gasteiger partial charge in [-0.25, -0.2) is 28.1 Å². The zero-order valence-corrected chi connectivity index (χ0v) is 22.6. The fraction of sp³-hybridized carbons (Fsp3) is 0.154. The normalized spacial score (nSPS) is 12.1. The number of hydrogen-bond acceptors (Lipinski definition) is 8. The average molecular weight is 590 g/mol. The van der Waals surface area contributed by atoms with E-state index in [1.807, 2.05) is 0 Å². The molecule has 0 radical (unpaired) electrons. The summed E-state index contributed by atoms with van der Waals surface area (Å²) in [4.78, 5) is 12.8. The van der Waals surface area contributed by atoms with Crippen LogP contribution in [0, 0.1) is 6.92 Å². The van der Waals surface area contributed by atoms with Crippen LogP contribution in [0.3, 0.4) is 0 Å². The van der Waals surface area contributed by atoms with Crippen LogP contribution < -0.4 is 4.74 Å². The fourth-order valence-corrected chi connectivity index (χ4v) is 4.93. The summed E-state index contributed by atoms with van der Waals surface area (Å²) in [6.45, 7) is 1.61. The van der Waals surface area contributed by atoms with Gasteiger partial charge in [0.1, 0.15) is 5.69 Å². The summed E-state index contributed by atoms with van der Waals surface area (Å²) in [6, 6.07) is 11.2. The third-order valence-corrected chi connectivity index (χ3v) is 7.23. The van der Waals surface area contributed by atoms with Gasteiger partial charge >= 0.3 is 12.2 Å². The van der Waals surface area contributed by atoms with E-state index in [9.17, 15) is 21.6 Å². The van der Waals surface area contributed by atoms with Crippen LogP contribution in [0.1, 0.15) is 11.6 Å². The Morgan fingerprint density at radius 1 is 1.02 bits per heavy atom. The van der Waals surface area contributed by atoms with Gasteiger partial charge in [0, 0.05) is 36.7 Å². The number of oxazole rings is 1. The van der Waals surface area contributed by atoms with Crippen LogP contribution in [0.2, 0.25) is 5.02 Å². The Labute approximate surface area is 231 Å². The number of nitrogens with zero attached hydrogens (tertiary/aromatic N) is 5. The van der Waals surface area contributed by atoms with Crippen molar-refractivity contribution in [3.63, 3.8) is 0 Å². The van der Waals surface area contributed by atoms with Crippen LogP contribution >= 0.6 is 11.6 Å². The lowest BCUT2D eigenvalue weighted by Crippen LogP contribution is -2.08. The first kappa shape index (κ1) is 27.3. The summed E-state index contributed by atoms with van der Waals surface area (Å²) in [5.41, 5.74) is 1.15. The van der Waals surface area contributed by atoms with Gasteiger partial charge in [-0.3, -0.25) is 0 Å². The molecule has 0 amide bonds. The Morgan fingerprint density at radius 3 is 2.35 bits per heavy atom. The number of rotatable bonds is 6. The van der Waals surface area contributed by atoms with E-state index in [-0.39, 0.29) is 28.2 Å². The summed E-state index contributed by atoms with van der Waals surface area (Å²) in [7, 11) is -2.08. The lowest BCUT2D eigenvalue weighted by Gasteiger charge is -2.13. The second-order valence-electron chi connectivity index (χ2n) is 8.67. The van der Waals surface area contributed by atoms with Crippen LogP contribution in [0.15, 0.2) is 70.4 Å². The van der Waals surface area contributed by atoms with Crippen molar-refractivity contribution in [3.05, 3.63) is 77.7 Å². The van der Waals surface area contributed by atoms with E-state index >= 15 is 0 Å². The number of aryl methyl sites for hydroxylation is 1. The van der Waals surface area contributed by atoms with Crippen molar-refractivity contribution in [1.82, 2.24) is 24.7 Å². The van der Waals surface area contributed by atoms with Gasteiger partial charge in [-0.15, -0.1) is 0 Å². The summed E-state index contributed by atoms with van der Waals surface area (Å²) < 4.78 is 76.8. The molecule has 0 spiro atoms. The number of benzene rings is 2. The summed E-state index contributed by atoms with van der Waals surface area (Å²) in [5, 5.41) is 3.11. The molecule has 0 fully saturated rings. The van der Waals surface area contributed by atoms with Crippen molar-refractivity contribution in [2.45, 2.75) is 18.0 Å². The molecule has 14 heteroatoms. The van der Waals surface area contributed by atoms with Gasteiger partial charge in [-0.1, -0.05) is 29.8 Å². The number of methoxy groups -OCH3 is 1. The first-order valence-corrected chi connectivity index (χ1v) is 13.7. The maximum atomic E-state index is 13.5. The van der Waals surface area contributed by atoms with E-state index in [2.05, 4.69) is 20.1 Å². The minimum Gasteiger partial charge on any atom is -0.467 e. The molecule has 0 unspecified atom stereocenters. The summed E-state index contributed by atoms with van der Waals surface area (Å²) >= 11 is 5.90. The molecule has 0 N–H and O–H groups in total. The number of halogens is 4. The molecule has 2 aromatic carbocycles. The van der Waals surface area contributed by atoms with E-state index in [0.29, 0.717) is 27.9 Å². The smallest absolute Gasteiger partial charge is 0.436 e. The number of sulfone groups is 1. The van der Waals surface area contributed by atoms with Gasteiger partial charge in [0.2, 0.25) is 0 Å². The van der Waals surface area contributed by atoms with E-state index in [1.54, 1.807) is 31.2 Å². The number of aromatic nitrogens is 5. The van der Waals surface area contributed by atoms with Crippen LogP contribution in [0.4, 0.5) is 13.2 Å². The lowest BCUT2D eigenvalue weighted by atomic mass is 9.99. The Bertz CT molecular complexity index is 1830. The quantitative estimate of drug-likeness (QED) is 0.235. The fourth-order valence-electron chi connectivity index (χ4n) is 4.02. The molecule has 3 heterocycles. The van der Waals surface area contributed by atoms with Gasteiger partial charge in [0.15, 0.2) is 27.2 Å². The molecule has 0 aliphatic rings. The number of ether oxygens (including phenoxy) is 1. The third-order valence-electron chi connectivity index (χ3n) is 5.84. The molecular formula is C26H19ClF3N5O4S. The molecule has 0 atom stereocenters. The molecule has 0 bridgehead atoms. The summed E-state index contributed by atoms with van der Waals surface area (Å²) in [6.07, 6.45) is 0.312. The molecule has 0 aliphatic heterocycles. The molecule has 5 aromatic rings. The number of hydrogen-bond donors (Lipinski definition) is 0. The maximum absolute atomic E-state index is 13.5. The molecule has 206 valence electrons. The van der Waals surface area contributed by atoms with Crippen molar-refractivity contribution in [3.8, 4) is 45.4 Å². The molecule has 0 aliphatic carbocycles. The molecule has 3 aromatic heterocycles. The van der Waals surface area contributed by atoms with Crippen molar-refractivity contribution >= 4 is 21.4 Å². The SMILES string of the molecule is COc1ncc(-c2nc(C)oc2-c2cc(-c3cccc(S(C)(=O)=O)c3)ccc2-n2cc(Cl)c(C(F)(F)F)n2)cn1. The van der Waals surface area contributed by atoms with Crippen molar-refractivity contribution in [2.24, 2.45) is 0 Å². The van der Waals surface area contributed by atoms with Crippen molar-refractivity contribution < 1.29 is 30.7 Å². The van der Waals surface area contributed by atoms with Crippen LogP contribution in [-0.2, 0) is 16.0 Å². The average Bonchev–Trinajstić information content (AvgIpc) is 3.50. The highest BCUT2D eigenvalue weighted by Crippen LogP contribution is 2.40. The molecule has 0 saturated heterocycles. The van der Waals surface area contributed by atoms with Crippen LogP contribution in [0.5, 0.6) is 6.01 Å². The molecule has 0 saturated carbocycles. The zero-order chi connectivity index (χ0) is 28.8. The zero-order valence-electron chi connectivity index (χ0n) is 21.1. The lowest BCUT2D eigenvalue weighted by molar-refractivity contribution is -0.141. The van der Waals surface area contributed by atoms with Crippen LogP contribution in [-0.4, -0.2) is 46.5 Å². The highest BCUT2D eigenvalue weighted by atomic mass is 35.5. The Morgan fingerprint density at radius 2 is 1.73 bits per heavy atom. The van der Waals surface area contributed by atoms with Crippen molar-refractivity contribution in [1.29, 1.82) is 0 Å². The highest BCUT2D eigenvalue weighted by molar-refractivity contribution is 7.90. The topological polar surface area (TPSA) is 113 Å². The second kappa shape index (κ2) is 10.1. The van der Waals surface area contributed by atoms with E-state index in [0.717, 1.165) is 17.1 Å². The standard InChI is InChI=1S/C26H19ClF3N5O4S/c1-14-33-22(17-11-31-25(38-2)32-12-17)23(39-14)19-10-16(15-5-4-6-18(9-15)40(3,36)37)7-8-21(19)35-13-20(27)24(34-35)26(28,29)30/h4-13H,1-3H3. The highest BCUT2D eigenvalue weighted by Gasteiger charge is 2.37. The van der Waals surface area contributed by atoms with E-state index < -0.39 is 26.7 Å². The van der Waals surface area contributed by atoms with E-state index in [4.69, 9.17) is 20.8 Å². The largest absolute Gasteiger partial charge is 0.467 e. The molecule has 5 rings (SSSR count). The van der Waals surface area contributed by atoms with Crippen LogP contribution in [0.25, 0.3) is 39.4 Å². The minimum absolute atomic E-state index is 0.107. The number of alkyl halides is 3. The second-order valence-corrected chi connectivity index (χ2v) is 11.1. The van der Waals surface area contributed by atoms with E-state index in [1.165, 1.54) is 37.7 Å². The molecule has 9 nitrogen and oxygen atoms in total. The Hall–Kier alpha value is -4.23. The monoisotopic (exact) mass is 589 g/mol. The van der Waals surface area contributed by atoms with Gasteiger partial charge in [0.05, 0.1) is 28.9 Å². The molecule has 40 heavy (non-hydrogen) atoms. The van der Waals surface area contributed by atoms with Gasteiger partial charge < -0.3 is 9.15 Å². The van der Waals surface area contributed by atoms with Gasteiger partial charge in [0.25, 0.3) is 0 Å².